The van der Waals surface area contributed by atoms with Crippen molar-refractivity contribution in [1.29, 1.82) is 0 Å². The Labute approximate surface area is 307 Å². The van der Waals surface area contributed by atoms with Crippen LogP contribution in [0, 0.1) is 13.8 Å². The molecule has 4 aromatic rings. The molecule has 1 unspecified atom stereocenters. The van der Waals surface area contributed by atoms with Crippen LogP contribution in [0.2, 0.25) is 5.02 Å². The van der Waals surface area contributed by atoms with Crippen molar-refractivity contribution < 1.29 is 33.5 Å². The number of ether oxygens (including phenoxy) is 1. The van der Waals surface area contributed by atoms with E-state index in [0.717, 1.165) is 26.6 Å². The first-order valence-electron chi connectivity index (χ1n) is 16.8. The minimum absolute atomic E-state index is 0.0442. The number of hydrogen-bond acceptors (Lipinski definition) is 11. The number of piperidine rings is 1. The molecule has 0 aliphatic carbocycles. The number of nitrogens with zero attached hydrogens (tertiary/aromatic N) is 5. The predicted molar refractivity (Wildman–Crippen MR) is 190 cm³/mol. The van der Waals surface area contributed by atoms with Crippen LogP contribution in [0.15, 0.2) is 47.5 Å². The van der Waals surface area contributed by atoms with E-state index in [9.17, 15) is 28.8 Å². The van der Waals surface area contributed by atoms with Crippen LogP contribution in [-0.2, 0) is 25.5 Å². The van der Waals surface area contributed by atoms with Crippen LogP contribution in [0.1, 0.15) is 109 Å². The van der Waals surface area contributed by atoms with E-state index < -0.39 is 41.7 Å². The van der Waals surface area contributed by atoms with E-state index in [1.165, 1.54) is 18.4 Å². The SMILES string of the molecule is COC(=O)C[C@@H]1N=C(c2ccc(Cl)cc2)c2c(sc(C(=O)CCCCc3cccc4c3C(=O)N(C3CCC(=O)NC3=O)C4=O)c2C)-n2c(C)nnc21. The fourth-order valence-electron chi connectivity index (χ4n) is 7.04. The number of methoxy groups -OCH3 is 1. The highest BCUT2D eigenvalue weighted by Crippen LogP contribution is 2.41. The molecule has 15 heteroatoms. The largest absolute Gasteiger partial charge is 0.469 e. The van der Waals surface area contributed by atoms with Gasteiger partial charge in [0.05, 0.1) is 35.2 Å². The third-order valence-corrected chi connectivity index (χ3v) is 11.2. The average Bonchev–Trinajstić information content (AvgIpc) is 3.72. The molecule has 0 saturated carbocycles. The number of thiophene rings is 1. The van der Waals surface area contributed by atoms with E-state index in [-0.39, 0.29) is 42.6 Å². The van der Waals surface area contributed by atoms with Gasteiger partial charge in [-0.25, -0.2) is 0 Å². The molecule has 1 fully saturated rings. The van der Waals surface area contributed by atoms with Gasteiger partial charge >= 0.3 is 5.97 Å². The van der Waals surface area contributed by atoms with Gasteiger partial charge in [0, 0.05) is 29.0 Å². The van der Waals surface area contributed by atoms with Crippen molar-refractivity contribution in [2.75, 3.05) is 7.11 Å². The fourth-order valence-corrected chi connectivity index (χ4v) is 8.50. The van der Waals surface area contributed by atoms with Gasteiger partial charge in [-0.2, -0.15) is 0 Å². The Morgan fingerprint density at radius 1 is 1.00 bits per heavy atom. The van der Waals surface area contributed by atoms with Gasteiger partial charge in [0.2, 0.25) is 11.8 Å². The number of Topliss-reactive ketones (excluding diaryl/α,β-unsaturated/α-hetero) is 1. The van der Waals surface area contributed by atoms with E-state index in [4.69, 9.17) is 21.3 Å². The van der Waals surface area contributed by atoms with Crippen LogP contribution in [0.25, 0.3) is 5.00 Å². The topological polar surface area (TPSA) is 170 Å². The van der Waals surface area contributed by atoms with Gasteiger partial charge in [0.15, 0.2) is 11.6 Å². The number of unbranched alkanes of at least 4 members (excludes halogenated alkanes) is 1. The minimum atomic E-state index is -1.04. The number of rotatable bonds is 10. The molecule has 0 radical (unpaired) electrons. The second-order valence-corrected chi connectivity index (χ2v) is 14.3. The molecule has 2 atom stereocenters. The molecular weight excluding hydrogens is 708 g/mol. The minimum Gasteiger partial charge on any atom is -0.469 e. The molecule has 3 aliphatic heterocycles. The fraction of sp³-hybridized carbons (Fsp3) is 0.324. The van der Waals surface area contributed by atoms with Crippen LogP contribution in [0.5, 0.6) is 0 Å². The van der Waals surface area contributed by atoms with Crippen LogP contribution >= 0.6 is 22.9 Å². The number of amides is 4. The predicted octanol–water partition coefficient (Wildman–Crippen LogP) is 5.05. The zero-order chi connectivity index (χ0) is 36.8. The summed E-state index contributed by atoms with van der Waals surface area (Å²) >= 11 is 7.54. The highest BCUT2D eigenvalue weighted by Gasteiger charge is 2.45. The molecular formula is C37H33ClN6O7S. The monoisotopic (exact) mass is 740 g/mol. The van der Waals surface area contributed by atoms with Crippen molar-refractivity contribution in [2.45, 2.75) is 70.9 Å². The number of carbonyl (C=O) groups is 6. The van der Waals surface area contributed by atoms with Crippen LogP contribution < -0.4 is 5.32 Å². The quantitative estimate of drug-likeness (QED) is 0.101. The molecule has 0 bridgehead atoms. The van der Waals surface area contributed by atoms with Gasteiger partial charge in [0.1, 0.15) is 22.9 Å². The van der Waals surface area contributed by atoms with Gasteiger partial charge < -0.3 is 4.74 Å². The van der Waals surface area contributed by atoms with Crippen LogP contribution in [0.4, 0.5) is 0 Å². The van der Waals surface area contributed by atoms with Crippen molar-refractivity contribution in [1.82, 2.24) is 25.0 Å². The molecule has 13 nitrogen and oxygen atoms in total. The van der Waals surface area contributed by atoms with E-state index in [1.807, 2.05) is 30.5 Å². The number of carbonyl (C=O) groups excluding carboxylic acids is 6. The number of fused-ring (bicyclic) bond motifs is 4. The lowest BCUT2D eigenvalue weighted by Crippen LogP contribution is -2.54. The number of halogens is 1. The second kappa shape index (κ2) is 14.0. The summed E-state index contributed by atoms with van der Waals surface area (Å²) in [5.74, 6) is -1.65. The normalized spacial score (nSPS) is 18.0. The first-order valence-corrected chi connectivity index (χ1v) is 18.0. The summed E-state index contributed by atoms with van der Waals surface area (Å²) in [5, 5.41) is 12.2. The summed E-state index contributed by atoms with van der Waals surface area (Å²) in [6.45, 7) is 3.69. The van der Waals surface area contributed by atoms with E-state index >= 15 is 0 Å². The first-order chi connectivity index (χ1) is 25.0. The van der Waals surface area contributed by atoms with Crippen LogP contribution in [0.3, 0.4) is 0 Å². The smallest absolute Gasteiger partial charge is 0.308 e. The molecule has 7 rings (SSSR count). The maximum Gasteiger partial charge on any atom is 0.308 e. The highest BCUT2D eigenvalue weighted by atomic mass is 35.5. The standard InChI is InChI=1S/C37H33ClN6O7S/c1-18-29-31(21-11-13-22(38)14-12-21)39-24(17-28(47)51-3)33-42-41-19(2)43(33)37(29)52-32(18)26(45)10-5-4-7-20-8-6-9-23-30(20)36(50)44(35(23)49)25-15-16-27(46)40-34(25)48/h6,8-9,11-14,24-25H,4-5,7,10,15-17H2,1-3H3,(H,40,46,48)/t24-,25?/m0/s1. The Balaban J connectivity index is 1.12. The summed E-state index contributed by atoms with van der Waals surface area (Å²) in [6, 6.07) is 10.5. The number of benzene rings is 2. The number of nitrogens with one attached hydrogen (secondary N) is 1. The molecule has 0 spiro atoms. The number of aryl methyl sites for hydroxylation is 2. The van der Waals surface area contributed by atoms with Crippen LogP contribution in [-0.4, -0.2) is 73.9 Å². The molecule has 2 aromatic heterocycles. The maximum absolute atomic E-state index is 13.9. The summed E-state index contributed by atoms with van der Waals surface area (Å²) in [6.07, 6.45) is 1.83. The third kappa shape index (κ3) is 6.15. The molecule has 2 aromatic carbocycles. The number of esters is 1. The molecule has 1 saturated heterocycles. The molecule has 1 N–H and O–H groups in total. The Hall–Kier alpha value is -5.34. The number of aliphatic imine (C=N–C) groups is 1. The van der Waals surface area contributed by atoms with Crippen molar-refractivity contribution >= 4 is 64.0 Å². The van der Waals surface area contributed by atoms with Gasteiger partial charge in [-0.3, -0.25) is 48.5 Å². The van der Waals surface area contributed by atoms with Crippen molar-refractivity contribution in [3.63, 3.8) is 0 Å². The van der Waals surface area contributed by atoms with E-state index in [2.05, 4.69) is 15.5 Å². The zero-order valence-corrected chi connectivity index (χ0v) is 30.1. The third-order valence-electron chi connectivity index (χ3n) is 9.61. The Morgan fingerprint density at radius 3 is 2.50 bits per heavy atom. The number of aromatic nitrogens is 3. The number of imide groups is 2. The summed E-state index contributed by atoms with van der Waals surface area (Å²) < 4.78 is 6.82. The summed E-state index contributed by atoms with van der Waals surface area (Å²) in [4.78, 5) is 83.8. The average molecular weight is 741 g/mol. The summed E-state index contributed by atoms with van der Waals surface area (Å²) in [5.41, 5.74) is 4.01. The molecule has 266 valence electrons. The summed E-state index contributed by atoms with van der Waals surface area (Å²) in [7, 11) is 1.32. The van der Waals surface area contributed by atoms with Gasteiger partial charge in [0.25, 0.3) is 11.8 Å². The van der Waals surface area contributed by atoms with Crippen molar-refractivity contribution in [3.8, 4) is 5.00 Å². The van der Waals surface area contributed by atoms with Gasteiger partial charge in [-0.15, -0.1) is 21.5 Å². The molecule has 52 heavy (non-hydrogen) atoms. The Bertz CT molecular complexity index is 2220. The molecule has 3 aliphatic rings. The van der Waals surface area contributed by atoms with Gasteiger partial charge in [-0.05, 0) is 68.9 Å². The molecule has 4 amide bonds. The number of ketones is 1. The lowest BCUT2D eigenvalue weighted by Gasteiger charge is -2.27. The Kier molecular flexibility index (Phi) is 9.44. The Morgan fingerprint density at radius 2 is 1.77 bits per heavy atom. The highest BCUT2D eigenvalue weighted by molar-refractivity contribution is 7.17. The lowest BCUT2D eigenvalue weighted by atomic mass is 9.96. The van der Waals surface area contributed by atoms with Gasteiger partial charge in [-0.1, -0.05) is 35.9 Å². The second-order valence-electron chi connectivity index (χ2n) is 12.9. The number of hydrogen-bond donors (Lipinski definition) is 1. The van der Waals surface area contributed by atoms with Crippen molar-refractivity contribution in [3.05, 3.63) is 97.4 Å². The van der Waals surface area contributed by atoms with Crippen molar-refractivity contribution in [2.24, 2.45) is 4.99 Å². The van der Waals surface area contributed by atoms with E-state index in [0.29, 0.717) is 52.1 Å². The van der Waals surface area contributed by atoms with E-state index in [1.54, 1.807) is 30.3 Å². The molecule has 5 heterocycles. The first kappa shape index (κ1) is 35.1. The lowest BCUT2D eigenvalue weighted by molar-refractivity contribution is -0.141. The maximum atomic E-state index is 13.9. The zero-order valence-electron chi connectivity index (χ0n) is 28.5.